The molecule has 0 radical (unpaired) electrons. The Morgan fingerprint density at radius 3 is 1.43 bits per heavy atom. The van der Waals surface area contributed by atoms with Gasteiger partial charge < -0.3 is 139 Å². The fourth-order valence-electron chi connectivity index (χ4n) is 15.6. The molecule has 2 aromatic carbocycles. The third kappa shape index (κ3) is 38.9. The predicted molar refractivity (Wildman–Crippen MR) is 515 cm³/mol. The third-order valence-corrected chi connectivity index (χ3v) is 26.1. The van der Waals surface area contributed by atoms with Crippen molar-refractivity contribution in [3.8, 4) is 5.75 Å². The monoisotopic (exact) mass is 2040 g/mol. The number of phenols is 1. The highest BCUT2D eigenvalue weighted by molar-refractivity contribution is 8.76. The molecule has 1 aromatic heterocycles. The van der Waals surface area contributed by atoms with Crippen LogP contribution in [-0.4, -0.2) is 291 Å². The van der Waals surface area contributed by atoms with Gasteiger partial charge in [0.2, 0.25) is 94.5 Å². The van der Waals surface area contributed by atoms with Gasteiger partial charge in [0.25, 0.3) is 0 Å². The number of aromatic hydroxyl groups is 1. The first kappa shape index (κ1) is 116. The van der Waals surface area contributed by atoms with Gasteiger partial charge in [0, 0.05) is 82.3 Å². The molecule has 3 aromatic rings. The standard InChI is InChI=1S/C87H132F3N29O19S3/c1-8-44(6)68-81(136)112-59(36-48-38-139-41-104-48)75(130)110-58(35-47-32-50(88)66(90)51(89)33-47)74(129)113-60(37-65(122)123)82(137)118-29-14-20-64(118)79(134)116-67(43(4)5)80(135)114-61(77(132)108-54(17-11-27-102-86(96)97)71(126)106-52(69(91)124)15-9-25-100-84(92)93)39-140-141-40-62(115-72(127)55(18-12-28-103-87(98)99)107-70(125)53(105-45(7)120)16-10-26-101-85(94)95)83(138)119-30-13-19-63(119)78(133)111-56(31-42(2)3)73(128)109-57(76(131)117-68)34-46-21-23-49(121)24-22-46/h21-24,32-33,38,41-44,52-64,67-68,121H,8-20,25-31,34-37,39-40H2,1-7H3,(H2,91,124)(H,105,120)(H,106,126)(H,107,125)(H,108,132)(H,109,128)(H,110,130)(H,111,133)(H,112,136)(H,113,129)(H,114,135)(H,115,127)(H,116,134)(H,117,131)(H,122,123)(H4,92,93,100)(H4,94,95,101)(H4,96,97,102)(H4,98,99,103)/t44-,52-,53-,54-,55-,56-,57-,58-,59-,60-,61-,62-,63-,64-,67-,68-/m0/s1. The predicted octanol–water partition coefficient (Wildman–Crippen LogP) is -4.25. The number of primary amides is 1. The number of nitrogens with zero attached hydrogens (tertiary/aromatic N) is 3. The molecule has 0 spiro atoms. The molecule has 0 saturated carbocycles. The van der Waals surface area contributed by atoms with Gasteiger partial charge in [0.15, 0.2) is 41.3 Å². The first-order chi connectivity index (χ1) is 66.6. The maximum absolute atomic E-state index is 15.9. The third-order valence-electron chi connectivity index (χ3n) is 23.1. The zero-order valence-electron chi connectivity index (χ0n) is 79.3. The molecule has 33 N–H and O–H groups in total. The number of carboxylic acid groups (broad SMARTS) is 1. The molecule has 6 rings (SSSR count). The number of phenolic OH excluding ortho intramolecular Hbond substituents is 1. The fraction of sp³-hybridized carbons (Fsp3) is 0.586. The summed E-state index contributed by atoms with van der Waals surface area (Å²) in [5.41, 5.74) is 29.3. The zero-order chi connectivity index (χ0) is 105. The minimum atomic E-state index is -2.18. The SMILES string of the molecule is CC[C@H](C)[C@@H]1NC(=O)[C@H](Cc2ccc(O)cc2)NC(=O)[C@H](CC(C)C)NC(=O)[C@@H]2CCCN2C(=O)[C@@H](NC(=O)[C@H](CCCNC(=N)N)NC(=O)[C@H](CCCNC(=N)N)NC(C)=O)CSSC[C@@H](C(=O)N[C@@H](CCCNC(=N)N)C(=O)N[C@@H](CCCNC(=N)N)C(N)=O)NC(=O)[C@H](C(C)C)NC(=O)[C@@H]2CCCN2C(=O)[C@H](CC(=O)O)NC(=O)[C@H](Cc2cc(F)c(F)c(F)c2)NC(=O)[C@H](Cc2cscn2)NC1=O. The molecule has 141 heavy (non-hydrogen) atoms. The van der Waals surface area contributed by atoms with Gasteiger partial charge in [-0.1, -0.05) is 81.7 Å². The van der Waals surface area contributed by atoms with E-state index in [-0.39, 0.29) is 153 Å². The van der Waals surface area contributed by atoms with Crippen molar-refractivity contribution in [3.63, 3.8) is 0 Å². The summed E-state index contributed by atoms with van der Waals surface area (Å²) in [6.07, 6.45) is -3.76. The van der Waals surface area contributed by atoms with Crippen LogP contribution in [0.3, 0.4) is 0 Å². The van der Waals surface area contributed by atoms with Crippen LogP contribution in [0.2, 0.25) is 0 Å². The Labute approximate surface area is 823 Å². The normalized spacial score (nSPS) is 21.9. The van der Waals surface area contributed by atoms with Crippen LogP contribution >= 0.6 is 32.9 Å². The van der Waals surface area contributed by atoms with Gasteiger partial charge in [0.1, 0.15) is 96.4 Å². The van der Waals surface area contributed by atoms with E-state index in [1.54, 1.807) is 27.7 Å². The number of aliphatic carboxylic acids is 1. The minimum absolute atomic E-state index is 0.00157. The summed E-state index contributed by atoms with van der Waals surface area (Å²) < 4.78 is 45.1. The summed E-state index contributed by atoms with van der Waals surface area (Å²) >= 11 is 1.06. The smallest absolute Gasteiger partial charge is 0.305 e. The molecule has 16 amide bonds. The molecule has 0 aliphatic carbocycles. The average molecular weight is 2040 g/mol. The average Bonchev–Trinajstić information content (AvgIpc) is 1.68. The molecule has 3 aliphatic heterocycles. The lowest BCUT2D eigenvalue weighted by molar-refractivity contribution is -0.146. The van der Waals surface area contributed by atoms with Gasteiger partial charge in [-0.15, -0.1) is 11.3 Å². The second-order valence-corrected chi connectivity index (χ2v) is 38.4. The molecule has 48 nitrogen and oxygen atoms in total. The van der Waals surface area contributed by atoms with Gasteiger partial charge in [-0.2, -0.15) is 0 Å². The molecular formula is C87H132F3N29O19S3. The van der Waals surface area contributed by atoms with Gasteiger partial charge in [-0.3, -0.25) is 103 Å². The first-order valence-electron chi connectivity index (χ1n) is 46.0. The van der Waals surface area contributed by atoms with Crippen molar-refractivity contribution < 1.29 is 105 Å². The van der Waals surface area contributed by atoms with Gasteiger partial charge in [-0.25, -0.2) is 18.2 Å². The van der Waals surface area contributed by atoms with Crippen molar-refractivity contribution in [2.45, 2.75) is 255 Å². The number of guanidine groups is 4. The lowest BCUT2D eigenvalue weighted by Crippen LogP contribution is -2.62. The Balaban J connectivity index is 1.57. The quantitative estimate of drug-likeness (QED) is 0.00846. The van der Waals surface area contributed by atoms with E-state index in [1.807, 2.05) is 0 Å². The Hall–Kier alpha value is -13.6. The largest absolute Gasteiger partial charge is 0.508 e. The van der Waals surface area contributed by atoms with E-state index in [0.717, 1.165) is 49.6 Å². The number of carboxylic acids is 1. The highest BCUT2D eigenvalue weighted by Gasteiger charge is 2.45. The number of hydrogen-bond donors (Lipinski definition) is 28. The van der Waals surface area contributed by atoms with Crippen LogP contribution in [0.1, 0.15) is 162 Å². The number of nitrogens with two attached hydrogens (primary N) is 5. The second kappa shape index (κ2) is 57.8. The van der Waals surface area contributed by atoms with Crippen molar-refractivity contribution >= 4 is 157 Å². The molecule has 3 aliphatic rings. The highest BCUT2D eigenvalue weighted by atomic mass is 33.1. The molecule has 3 fully saturated rings. The van der Waals surface area contributed by atoms with E-state index in [0.29, 0.717) is 17.7 Å². The number of nitrogens with one attached hydrogen (secondary N) is 21. The molecule has 4 heterocycles. The minimum Gasteiger partial charge on any atom is -0.508 e. The fourth-order valence-corrected chi connectivity index (χ4v) is 18.5. The van der Waals surface area contributed by atoms with Gasteiger partial charge >= 0.3 is 5.97 Å². The topological polar surface area (TPSA) is 780 Å². The lowest BCUT2D eigenvalue weighted by atomic mass is 9.96. The van der Waals surface area contributed by atoms with E-state index in [1.165, 1.54) is 49.0 Å². The number of halogens is 3. The van der Waals surface area contributed by atoms with Crippen molar-refractivity contribution in [3.05, 3.63) is 81.6 Å². The summed E-state index contributed by atoms with van der Waals surface area (Å²) in [6.45, 7) is 10.2. The van der Waals surface area contributed by atoms with E-state index in [2.05, 4.69) is 95.4 Å². The highest BCUT2D eigenvalue weighted by Crippen LogP contribution is 2.29. The molecule has 54 heteroatoms. The molecule has 16 atom stereocenters. The second-order valence-electron chi connectivity index (χ2n) is 35.1. The van der Waals surface area contributed by atoms with Crippen LogP contribution in [0.5, 0.6) is 5.75 Å². The number of aromatic nitrogens is 1. The number of hydrogen-bond acceptors (Lipinski definition) is 26. The maximum Gasteiger partial charge on any atom is 0.305 e. The van der Waals surface area contributed by atoms with Crippen molar-refractivity contribution in [2.24, 2.45) is 46.4 Å². The molecule has 0 unspecified atom stereocenters. The summed E-state index contributed by atoms with van der Waals surface area (Å²) in [7, 11) is 1.54. The van der Waals surface area contributed by atoms with E-state index >= 15 is 66.3 Å². The van der Waals surface area contributed by atoms with Crippen LogP contribution in [0, 0.1) is 56.8 Å². The summed E-state index contributed by atoms with van der Waals surface area (Å²) in [4.78, 5) is 257. The number of carbonyl (C=O) groups is 17. The zero-order valence-corrected chi connectivity index (χ0v) is 81.8. The van der Waals surface area contributed by atoms with Crippen LogP contribution in [0.15, 0.2) is 47.3 Å². The Kier molecular flexibility index (Phi) is 47.7. The number of carbonyl (C=O) groups excluding carboxylic acids is 16. The van der Waals surface area contributed by atoms with Crippen LogP contribution < -0.4 is 119 Å². The van der Waals surface area contributed by atoms with E-state index < -0.39 is 281 Å². The first-order valence-corrected chi connectivity index (χ1v) is 49.5. The maximum atomic E-state index is 15.9. The van der Waals surface area contributed by atoms with Crippen LogP contribution in [0.4, 0.5) is 13.2 Å². The van der Waals surface area contributed by atoms with E-state index in [4.69, 9.17) is 50.3 Å². The summed E-state index contributed by atoms with van der Waals surface area (Å²) in [5.74, 6) is -29.3. The van der Waals surface area contributed by atoms with Gasteiger partial charge in [-0.05, 0) is 137 Å². The molecule has 3 saturated heterocycles. The molecule has 0 bridgehead atoms. The van der Waals surface area contributed by atoms with Crippen molar-refractivity contribution in [1.82, 2.24) is 105 Å². The Morgan fingerprint density at radius 1 is 0.518 bits per heavy atom. The number of rotatable bonds is 39. The van der Waals surface area contributed by atoms with Crippen LogP contribution in [-0.2, 0) is 101 Å². The van der Waals surface area contributed by atoms with E-state index in [9.17, 15) is 38.6 Å². The summed E-state index contributed by atoms with van der Waals surface area (Å²) in [6, 6.07) is -18.9. The lowest BCUT2D eigenvalue weighted by Gasteiger charge is -2.31. The number of benzene rings is 2. The Morgan fingerprint density at radius 2 is 0.950 bits per heavy atom. The van der Waals surface area contributed by atoms with Crippen LogP contribution in [0.25, 0.3) is 0 Å². The van der Waals surface area contributed by atoms with Crippen molar-refractivity contribution in [2.75, 3.05) is 50.8 Å². The Bertz CT molecular complexity index is 4900. The molecule has 778 valence electrons. The number of thiazole rings is 1. The molecular weight excluding hydrogens is 1910 g/mol. The number of amides is 16. The van der Waals surface area contributed by atoms with Gasteiger partial charge in [0.05, 0.1) is 17.6 Å². The number of fused-ring (bicyclic) bond motifs is 2. The van der Waals surface area contributed by atoms with Crippen molar-refractivity contribution in [1.29, 1.82) is 21.6 Å². The summed E-state index contributed by atoms with van der Waals surface area (Å²) in [5, 5.41) is 97.2.